The van der Waals surface area contributed by atoms with Crippen molar-refractivity contribution in [2.24, 2.45) is 0 Å². The van der Waals surface area contributed by atoms with Crippen molar-refractivity contribution in [1.82, 2.24) is 40.1 Å². The van der Waals surface area contributed by atoms with Gasteiger partial charge in [0.15, 0.2) is 5.82 Å². The van der Waals surface area contributed by atoms with Crippen LogP contribution in [0.5, 0.6) is 6.01 Å². The van der Waals surface area contributed by atoms with Crippen LogP contribution in [0.15, 0.2) is 37.2 Å². The number of halogens is 4. The van der Waals surface area contributed by atoms with E-state index in [4.69, 9.17) is 21.1 Å². The fourth-order valence-electron chi connectivity index (χ4n) is 4.18. The highest BCUT2D eigenvalue weighted by Gasteiger charge is 2.36. The lowest BCUT2D eigenvalue weighted by Crippen LogP contribution is -2.32. The van der Waals surface area contributed by atoms with E-state index < -0.39 is 23.5 Å². The first-order valence-corrected chi connectivity index (χ1v) is 12.6. The Morgan fingerprint density at radius 2 is 1.76 bits per heavy atom. The lowest BCUT2D eigenvalue weighted by Gasteiger charge is -2.29. The van der Waals surface area contributed by atoms with Crippen LogP contribution in [0.25, 0.3) is 22.6 Å². The van der Waals surface area contributed by atoms with E-state index in [9.17, 15) is 18.0 Å². The highest BCUT2D eigenvalue weighted by molar-refractivity contribution is 6.32. The number of aromatic nitrogens is 8. The lowest BCUT2D eigenvalue weighted by atomic mass is 9.93. The first-order chi connectivity index (χ1) is 19.7. The van der Waals surface area contributed by atoms with Gasteiger partial charge in [0.05, 0.1) is 36.4 Å². The Bertz CT molecular complexity index is 1490. The molecule has 0 unspecified atom stereocenters. The van der Waals surface area contributed by atoms with Gasteiger partial charge in [-0.1, -0.05) is 11.6 Å². The van der Waals surface area contributed by atoms with Gasteiger partial charge in [-0.05, 0) is 25.7 Å². The molecule has 4 aromatic heterocycles. The van der Waals surface area contributed by atoms with Crippen molar-refractivity contribution in [2.45, 2.75) is 44.0 Å². The largest absolute Gasteiger partial charge is 0.467 e. The number of hydrogen-bond acceptors (Lipinski definition) is 11. The van der Waals surface area contributed by atoms with Crippen LogP contribution in [-0.2, 0) is 10.9 Å². The van der Waals surface area contributed by atoms with Gasteiger partial charge in [0.2, 0.25) is 5.95 Å². The first-order valence-electron chi connectivity index (χ1n) is 12.3. The molecule has 0 spiro atoms. The van der Waals surface area contributed by atoms with Crippen molar-refractivity contribution in [3.05, 3.63) is 47.8 Å². The standard InChI is InChI=1S/C24H22ClF3N10O3/c1-40-22-32-6-12(7-33-22)17-10-30-18(11-29-17)36-23(39)41-14-4-2-13(3-5-14)35-21-31-8-15(24(26,27)28)19(37-21)20-16(25)9-34-38-20/h6-11,13-14H,2-5H2,1H3,(H,34,38)(H,30,36,39)(H,31,35,37). The average Bonchev–Trinajstić information content (AvgIpc) is 3.39. The molecule has 0 aromatic carbocycles. The minimum atomic E-state index is -4.68. The number of rotatable bonds is 7. The predicted octanol–water partition coefficient (Wildman–Crippen LogP) is 4.77. The van der Waals surface area contributed by atoms with E-state index in [0.717, 1.165) is 0 Å². The molecule has 41 heavy (non-hydrogen) atoms. The summed E-state index contributed by atoms with van der Waals surface area (Å²) in [6.45, 7) is 0. The Hall–Kier alpha value is -4.60. The number of alkyl halides is 3. The van der Waals surface area contributed by atoms with Crippen molar-refractivity contribution in [3.63, 3.8) is 0 Å². The molecule has 0 saturated heterocycles. The van der Waals surface area contributed by atoms with E-state index in [0.29, 0.717) is 43.1 Å². The van der Waals surface area contributed by atoms with Crippen LogP contribution in [0.1, 0.15) is 31.2 Å². The topological polar surface area (TPSA) is 166 Å². The summed E-state index contributed by atoms with van der Waals surface area (Å²) in [5.41, 5.74) is -0.359. The Morgan fingerprint density at radius 3 is 2.37 bits per heavy atom. The van der Waals surface area contributed by atoms with Crippen molar-refractivity contribution in [1.29, 1.82) is 0 Å². The van der Waals surface area contributed by atoms with Gasteiger partial charge in [-0.2, -0.15) is 18.3 Å². The van der Waals surface area contributed by atoms with Crippen LogP contribution < -0.4 is 15.4 Å². The number of anilines is 2. The molecule has 0 atom stereocenters. The Morgan fingerprint density at radius 1 is 1.00 bits per heavy atom. The number of nitrogens with zero attached hydrogens (tertiary/aromatic N) is 7. The maximum atomic E-state index is 13.5. The fraction of sp³-hybridized carbons (Fsp3) is 0.333. The molecule has 1 amide bonds. The van der Waals surface area contributed by atoms with Gasteiger partial charge in [-0.3, -0.25) is 15.4 Å². The second-order valence-electron chi connectivity index (χ2n) is 8.94. The van der Waals surface area contributed by atoms with Crippen LogP contribution in [-0.4, -0.2) is 65.5 Å². The molecule has 3 N–H and O–H groups in total. The number of hydrogen-bond donors (Lipinski definition) is 3. The smallest absolute Gasteiger partial charge is 0.420 e. The zero-order valence-electron chi connectivity index (χ0n) is 21.3. The minimum Gasteiger partial charge on any atom is -0.467 e. The lowest BCUT2D eigenvalue weighted by molar-refractivity contribution is -0.137. The molecule has 1 aliphatic carbocycles. The third kappa shape index (κ3) is 6.77. The summed E-state index contributed by atoms with van der Waals surface area (Å²) in [7, 11) is 1.46. The molecule has 0 radical (unpaired) electrons. The molecule has 4 heterocycles. The molecular weight excluding hydrogens is 569 g/mol. The van der Waals surface area contributed by atoms with Crippen LogP contribution in [0.2, 0.25) is 5.02 Å². The molecule has 13 nitrogen and oxygen atoms in total. The molecule has 1 aliphatic rings. The van der Waals surface area contributed by atoms with Crippen molar-refractivity contribution < 1.29 is 27.4 Å². The summed E-state index contributed by atoms with van der Waals surface area (Å²) in [4.78, 5) is 36.8. The van der Waals surface area contributed by atoms with Crippen molar-refractivity contribution in [2.75, 3.05) is 17.7 Å². The monoisotopic (exact) mass is 590 g/mol. The SMILES string of the molecule is COc1ncc(-c2cnc(NC(=O)OC3CCC(Nc4ncc(C(F)(F)F)c(-c5[nH]ncc5Cl)n4)CC3)cn2)cn1. The van der Waals surface area contributed by atoms with Gasteiger partial charge in [0.1, 0.15) is 23.1 Å². The van der Waals surface area contributed by atoms with Gasteiger partial charge in [-0.25, -0.2) is 29.7 Å². The zero-order valence-corrected chi connectivity index (χ0v) is 22.1. The average molecular weight is 591 g/mol. The van der Waals surface area contributed by atoms with Gasteiger partial charge < -0.3 is 14.8 Å². The third-order valence-corrected chi connectivity index (χ3v) is 6.48. The number of carbonyl (C=O) groups excluding carboxylic acids is 1. The summed E-state index contributed by atoms with van der Waals surface area (Å²) in [5.74, 6) is 0.222. The molecule has 17 heteroatoms. The number of aromatic amines is 1. The normalized spacial score (nSPS) is 17.1. The number of ether oxygens (including phenoxy) is 2. The van der Waals surface area contributed by atoms with E-state index in [2.05, 4.69) is 50.7 Å². The Kier molecular flexibility index (Phi) is 8.09. The zero-order chi connectivity index (χ0) is 29.0. The number of nitrogens with one attached hydrogen (secondary N) is 3. The minimum absolute atomic E-state index is 0.00449. The van der Waals surface area contributed by atoms with Gasteiger partial charge in [-0.15, -0.1) is 0 Å². The molecule has 0 bridgehead atoms. The number of carbonyl (C=O) groups is 1. The van der Waals surface area contributed by atoms with Crippen LogP contribution in [0.3, 0.4) is 0 Å². The summed E-state index contributed by atoms with van der Waals surface area (Å²) in [6.07, 6.45) is 4.31. The van der Waals surface area contributed by atoms with E-state index in [1.54, 1.807) is 12.4 Å². The molecule has 0 aliphatic heterocycles. The third-order valence-electron chi connectivity index (χ3n) is 6.19. The van der Waals surface area contributed by atoms with Crippen LogP contribution >= 0.6 is 11.6 Å². The fourth-order valence-corrected chi connectivity index (χ4v) is 4.36. The van der Waals surface area contributed by atoms with Crippen LogP contribution in [0, 0.1) is 0 Å². The highest BCUT2D eigenvalue weighted by atomic mass is 35.5. The van der Waals surface area contributed by atoms with Crippen LogP contribution in [0.4, 0.5) is 29.7 Å². The van der Waals surface area contributed by atoms with E-state index in [-0.39, 0.29) is 40.6 Å². The van der Waals surface area contributed by atoms with E-state index in [1.807, 2.05) is 0 Å². The Balaban J connectivity index is 1.13. The molecule has 5 rings (SSSR count). The number of methoxy groups -OCH3 is 1. The van der Waals surface area contributed by atoms with Crippen molar-refractivity contribution in [3.8, 4) is 28.7 Å². The number of amides is 1. The first kappa shape index (κ1) is 27.9. The van der Waals surface area contributed by atoms with Gasteiger partial charge in [0, 0.05) is 30.2 Å². The summed E-state index contributed by atoms with van der Waals surface area (Å²) >= 11 is 5.99. The van der Waals surface area contributed by atoms with Crippen molar-refractivity contribution >= 4 is 29.5 Å². The highest BCUT2D eigenvalue weighted by Crippen LogP contribution is 2.37. The maximum absolute atomic E-state index is 13.5. The molecule has 1 saturated carbocycles. The number of H-pyrrole nitrogens is 1. The summed E-state index contributed by atoms with van der Waals surface area (Å²) < 4.78 is 51.0. The summed E-state index contributed by atoms with van der Waals surface area (Å²) in [6, 6.07) is 0.0883. The Labute approximate surface area is 235 Å². The predicted molar refractivity (Wildman–Crippen MR) is 139 cm³/mol. The van der Waals surface area contributed by atoms with E-state index in [1.165, 1.54) is 25.7 Å². The second-order valence-corrected chi connectivity index (χ2v) is 9.35. The summed E-state index contributed by atoms with van der Waals surface area (Å²) in [5, 5.41) is 11.7. The van der Waals surface area contributed by atoms with Gasteiger partial charge in [0.25, 0.3) is 0 Å². The maximum Gasteiger partial charge on any atom is 0.420 e. The molecule has 4 aromatic rings. The molecule has 214 valence electrons. The van der Waals surface area contributed by atoms with Gasteiger partial charge >= 0.3 is 18.3 Å². The quantitative estimate of drug-likeness (QED) is 0.271. The van der Waals surface area contributed by atoms with E-state index >= 15 is 0 Å². The second kappa shape index (κ2) is 11.9. The molecular formula is C24H22ClF3N10O3. The molecule has 1 fully saturated rings.